The van der Waals surface area contributed by atoms with Crippen LogP contribution in [0, 0.1) is 6.92 Å². The number of aryl methyl sites for hydroxylation is 1. The van der Waals surface area contributed by atoms with Crippen molar-refractivity contribution in [2.45, 2.75) is 19.8 Å². The Balaban J connectivity index is 2.03. The highest BCUT2D eigenvalue weighted by Crippen LogP contribution is 2.43. The molecule has 3 rings (SSSR count). The number of benzene rings is 2. The largest absolute Gasteiger partial charge is 0.497 e. The van der Waals surface area contributed by atoms with E-state index in [2.05, 4.69) is 19.9 Å². The lowest BCUT2D eigenvalue weighted by molar-refractivity contribution is 0.174. The molecule has 1 heterocycles. The first-order chi connectivity index (χ1) is 10.6. The molecule has 1 aliphatic rings. The highest BCUT2D eigenvalue weighted by atomic mass is 16.7. The summed E-state index contributed by atoms with van der Waals surface area (Å²) < 4.78 is 21.7. The van der Waals surface area contributed by atoms with Gasteiger partial charge in [-0.25, -0.2) is 0 Å². The van der Waals surface area contributed by atoms with Gasteiger partial charge in [-0.05, 0) is 36.2 Å². The average molecular weight is 300 g/mol. The number of rotatable bonds is 4. The zero-order chi connectivity index (χ0) is 15.7. The second-order valence-corrected chi connectivity index (χ2v) is 5.39. The standard InChI is InChI=1S/C18H20O4/c1-11-7-13(19-3)5-6-14(11)12(2)15-8-17-18(22-10-21-17)9-16(15)20-4/h5-9,12H,10H2,1-4H3/t12-/m1/s1. The molecule has 0 unspecified atom stereocenters. The zero-order valence-electron chi connectivity index (χ0n) is 13.3. The molecular formula is C18H20O4. The summed E-state index contributed by atoms with van der Waals surface area (Å²) in [5.74, 6) is 3.36. The first-order valence-corrected chi connectivity index (χ1v) is 7.26. The molecule has 0 amide bonds. The van der Waals surface area contributed by atoms with E-state index in [4.69, 9.17) is 18.9 Å². The molecule has 0 aliphatic carbocycles. The molecule has 116 valence electrons. The predicted octanol–water partition coefficient (Wildman–Crippen LogP) is 3.89. The number of hydrogen-bond donors (Lipinski definition) is 0. The third-order valence-corrected chi connectivity index (χ3v) is 4.13. The Morgan fingerprint density at radius 1 is 0.955 bits per heavy atom. The van der Waals surface area contributed by atoms with E-state index in [1.807, 2.05) is 24.3 Å². The molecule has 0 aromatic heterocycles. The van der Waals surface area contributed by atoms with Crippen LogP contribution in [0.1, 0.15) is 29.5 Å². The first kappa shape index (κ1) is 14.6. The van der Waals surface area contributed by atoms with Gasteiger partial charge in [0.05, 0.1) is 14.2 Å². The van der Waals surface area contributed by atoms with E-state index < -0.39 is 0 Å². The van der Waals surface area contributed by atoms with Gasteiger partial charge in [-0.3, -0.25) is 0 Å². The first-order valence-electron chi connectivity index (χ1n) is 7.26. The Kier molecular flexibility index (Phi) is 3.84. The fraction of sp³-hybridized carbons (Fsp3) is 0.333. The van der Waals surface area contributed by atoms with Gasteiger partial charge in [-0.1, -0.05) is 13.0 Å². The van der Waals surface area contributed by atoms with Gasteiger partial charge in [0.2, 0.25) is 6.79 Å². The van der Waals surface area contributed by atoms with Gasteiger partial charge < -0.3 is 18.9 Å². The topological polar surface area (TPSA) is 36.9 Å². The molecule has 2 aromatic carbocycles. The monoisotopic (exact) mass is 300 g/mol. The van der Waals surface area contributed by atoms with Gasteiger partial charge in [0, 0.05) is 17.5 Å². The minimum absolute atomic E-state index is 0.176. The Hall–Kier alpha value is -2.36. The quantitative estimate of drug-likeness (QED) is 0.858. The van der Waals surface area contributed by atoms with Gasteiger partial charge in [-0.2, -0.15) is 0 Å². The number of hydrogen-bond acceptors (Lipinski definition) is 4. The summed E-state index contributed by atoms with van der Waals surface area (Å²) in [5, 5.41) is 0. The maximum Gasteiger partial charge on any atom is 0.231 e. The van der Waals surface area contributed by atoms with Crippen molar-refractivity contribution in [3.05, 3.63) is 47.0 Å². The fourth-order valence-electron chi connectivity index (χ4n) is 2.88. The van der Waals surface area contributed by atoms with E-state index in [0.29, 0.717) is 0 Å². The van der Waals surface area contributed by atoms with E-state index in [-0.39, 0.29) is 12.7 Å². The summed E-state index contributed by atoms with van der Waals surface area (Å²) >= 11 is 0. The van der Waals surface area contributed by atoms with Crippen molar-refractivity contribution < 1.29 is 18.9 Å². The van der Waals surface area contributed by atoms with Gasteiger partial charge in [-0.15, -0.1) is 0 Å². The highest BCUT2D eigenvalue weighted by Gasteiger charge is 2.22. The number of ether oxygens (including phenoxy) is 4. The van der Waals surface area contributed by atoms with Crippen molar-refractivity contribution in [3.63, 3.8) is 0 Å². The predicted molar refractivity (Wildman–Crippen MR) is 84.4 cm³/mol. The summed E-state index contributed by atoms with van der Waals surface area (Å²) in [7, 11) is 3.35. The van der Waals surface area contributed by atoms with E-state index in [1.54, 1.807) is 14.2 Å². The van der Waals surface area contributed by atoms with Gasteiger partial charge in [0.25, 0.3) is 0 Å². The minimum atomic E-state index is 0.176. The summed E-state index contributed by atoms with van der Waals surface area (Å²) in [6, 6.07) is 10.0. The van der Waals surface area contributed by atoms with Crippen LogP contribution in [0.15, 0.2) is 30.3 Å². The number of methoxy groups -OCH3 is 2. The second-order valence-electron chi connectivity index (χ2n) is 5.39. The molecule has 0 N–H and O–H groups in total. The lowest BCUT2D eigenvalue weighted by Gasteiger charge is -2.19. The summed E-state index contributed by atoms with van der Waals surface area (Å²) in [4.78, 5) is 0. The lowest BCUT2D eigenvalue weighted by atomic mass is 9.89. The molecule has 22 heavy (non-hydrogen) atoms. The Bertz CT molecular complexity index is 694. The third-order valence-electron chi connectivity index (χ3n) is 4.13. The van der Waals surface area contributed by atoms with Crippen LogP contribution < -0.4 is 18.9 Å². The van der Waals surface area contributed by atoms with Crippen molar-refractivity contribution in [1.82, 2.24) is 0 Å². The van der Waals surface area contributed by atoms with Crippen LogP contribution in [0.4, 0.5) is 0 Å². The molecular weight excluding hydrogens is 280 g/mol. The Labute approximate surface area is 130 Å². The van der Waals surface area contributed by atoms with E-state index in [9.17, 15) is 0 Å². The van der Waals surface area contributed by atoms with Gasteiger partial charge >= 0.3 is 0 Å². The molecule has 0 spiro atoms. The average Bonchev–Trinajstić information content (AvgIpc) is 3.00. The van der Waals surface area contributed by atoms with Crippen LogP contribution in [0.25, 0.3) is 0 Å². The molecule has 2 aromatic rings. The molecule has 0 bridgehead atoms. The SMILES string of the molecule is COc1ccc([C@@H](C)c2cc3c(cc2OC)OCO3)c(C)c1. The molecule has 1 atom stereocenters. The smallest absolute Gasteiger partial charge is 0.231 e. The van der Waals surface area contributed by atoms with Crippen LogP contribution in [-0.2, 0) is 0 Å². The summed E-state index contributed by atoms with van der Waals surface area (Å²) in [5.41, 5.74) is 3.50. The van der Waals surface area contributed by atoms with Crippen LogP contribution in [-0.4, -0.2) is 21.0 Å². The molecule has 0 saturated carbocycles. The maximum absolute atomic E-state index is 5.54. The fourth-order valence-corrected chi connectivity index (χ4v) is 2.88. The van der Waals surface area contributed by atoms with Crippen molar-refractivity contribution >= 4 is 0 Å². The zero-order valence-corrected chi connectivity index (χ0v) is 13.3. The van der Waals surface area contributed by atoms with E-state index >= 15 is 0 Å². The molecule has 0 saturated heterocycles. The van der Waals surface area contributed by atoms with Crippen LogP contribution in [0.2, 0.25) is 0 Å². The summed E-state index contributed by atoms with van der Waals surface area (Å²) in [6.07, 6.45) is 0. The van der Waals surface area contributed by atoms with Gasteiger partial charge in [0.15, 0.2) is 11.5 Å². The van der Waals surface area contributed by atoms with Crippen LogP contribution >= 0.6 is 0 Å². The molecule has 1 aliphatic heterocycles. The van der Waals surface area contributed by atoms with Crippen molar-refractivity contribution in [2.75, 3.05) is 21.0 Å². The minimum Gasteiger partial charge on any atom is -0.497 e. The Morgan fingerprint density at radius 2 is 1.68 bits per heavy atom. The Morgan fingerprint density at radius 3 is 2.32 bits per heavy atom. The van der Waals surface area contributed by atoms with E-state index in [1.165, 1.54) is 11.1 Å². The number of fused-ring (bicyclic) bond motifs is 1. The van der Waals surface area contributed by atoms with Gasteiger partial charge in [0.1, 0.15) is 11.5 Å². The molecule has 0 fully saturated rings. The van der Waals surface area contributed by atoms with Crippen LogP contribution in [0.3, 0.4) is 0 Å². The maximum atomic E-state index is 5.54. The summed E-state index contributed by atoms with van der Waals surface area (Å²) in [6.45, 7) is 4.51. The van der Waals surface area contributed by atoms with Crippen molar-refractivity contribution in [2.24, 2.45) is 0 Å². The lowest BCUT2D eigenvalue weighted by Crippen LogP contribution is -2.02. The van der Waals surface area contributed by atoms with E-state index in [0.717, 1.165) is 28.6 Å². The normalized spacial score (nSPS) is 13.8. The van der Waals surface area contributed by atoms with Crippen molar-refractivity contribution in [3.8, 4) is 23.0 Å². The van der Waals surface area contributed by atoms with Crippen molar-refractivity contribution in [1.29, 1.82) is 0 Å². The molecule has 4 heteroatoms. The highest BCUT2D eigenvalue weighted by molar-refractivity contribution is 5.55. The second kappa shape index (κ2) is 5.79. The molecule has 4 nitrogen and oxygen atoms in total. The third kappa shape index (κ3) is 2.45. The molecule has 0 radical (unpaired) electrons. The van der Waals surface area contributed by atoms with Crippen LogP contribution in [0.5, 0.6) is 23.0 Å².